The number of nitrogens with one attached hydrogen (secondary N) is 2. The molecule has 4 rings (SSSR count). The van der Waals surface area contributed by atoms with Crippen molar-refractivity contribution in [3.8, 4) is 16.3 Å². The second-order valence-electron chi connectivity index (χ2n) is 6.74. The molecule has 0 spiro atoms. The SMILES string of the molecule is COc1c(C)cccc1C(=O)NC(=S)Nc1ccc(I)cc1-c1nc2ccccc2s1. The van der Waals surface area contributed by atoms with Crippen LogP contribution in [0.3, 0.4) is 0 Å². The van der Waals surface area contributed by atoms with E-state index in [-0.39, 0.29) is 11.0 Å². The first kappa shape index (κ1) is 21.7. The number of ether oxygens (including phenoxy) is 1. The number of aromatic nitrogens is 1. The molecule has 0 atom stereocenters. The van der Waals surface area contributed by atoms with Crippen LogP contribution in [0.15, 0.2) is 60.7 Å². The summed E-state index contributed by atoms with van der Waals surface area (Å²) in [7, 11) is 1.55. The van der Waals surface area contributed by atoms with Gasteiger partial charge in [0, 0.05) is 9.13 Å². The maximum atomic E-state index is 12.8. The normalized spacial score (nSPS) is 10.7. The molecular weight excluding hydrogens is 541 g/mol. The molecule has 5 nitrogen and oxygen atoms in total. The Morgan fingerprint density at radius 3 is 2.71 bits per heavy atom. The zero-order valence-electron chi connectivity index (χ0n) is 16.7. The molecule has 0 unspecified atom stereocenters. The van der Waals surface area contributed by atoms with Crippen molar-refractivity contribution in [1.29, 1.82) is 0 Å². The van der Waals surface area contributed by atoms with Gasteiger partial charge in [0.15, 0.2) is 5.11 Å². The number of aryl methyl sites for hydroxylation is 1. The Morgan fingerprint density at radius 1 is 1.13 bits per heavy atom. The van der Waals surface area contributed by atoms with E-state index in [9.17, 15) is 4.79 Å². The zero-order chi connectivity index (χ0) is 22.0. The molecule has 0 saturated carbocycles. The summed E-state index contributed by atoms with van der Waals surface area (Å²) in [6.45, 7) is 1.89. The second kappa shape index (κ2) is 9.29. The van der Waals surface area contributed by atoms with E-state index in [0.29, 0.717) is 11.3 Å². The standard InChI is InChI=1S/C23H18IN3O2S2/c1-13-6-5-7-15(20(13)29-2)21(28)27-23(30)26-17-11-10-14(24)12-16(17)22-25-18-8-3-4-9-19(18)31-22/h3-12H,1-2H3,(H2,26,27,28,30). The summed E-state index contributed by atoms with van der Waals surface area (Å²) in [5.41, 5.74) is 3.97. The number of thiocarbonyl (C=S) groups is 1. The molecule has 31 heavy (non-hydrogen) atoms. The van der Waals surface area contributed by atoms with E-state index in [1.54, 1.807) is 24.5 Å². The minimum atomic E-state index is -0.329. The van der Waals surface area contributed by atoms with Crippen LogP contribution in [0.5, 0.6) is 5.75 Å². The van der Waals surface area contributed by atoms with Crippen molar-refractivity contribution >= 4 is 73.1 Å². The monoisotopic (exact) mass is 559 g/mol. The van der Waals surface area contributed by atoms with Gasteiger partial charge in [0.05, 0.1) is 28.6 Å². The fourth-order valence-electron chi connectivity index (χ4n) is 3.22. The third kappa shape index (κ3) is 4.70. The minimum Gasteiger partial charge on any atom is -0.496 e. The number of nitrogens with zero attached hydrogens (tertiary/aromatic N) is 1. The summed E-state index contributed by atoms with van der Waals surface area (Å²) >= 11 is 9.32. The van der Waals surface area contributed by atoms with Gasteiger partial charge >= 0.3 is 0 Å². The Labute approximate surface area is 203 Å². The molecule has 1 heterocycles. The zero-order valence-corrected chi connectivity index (χ0v) is 20.5. The Hall–Kier alpha value is -2.56. The van der Waals surface area contributed by atoms with Crippen LogP contribution in [0.1, 0.15) is 15.9 Å². The van der Waals surface area contributed by atoms with Gasteiger partial charge in [-0.15, -0.1) is 11.3 Å². The number of para-hydroxylation sites is 2. The number of anilines is 1. The summed E-state index contributed by atoms with van der Waals surface area (Å²) in [6, 6.07) is 19.4. The maximum Gasteiger partial charge on any atom is 0.261 e. The van der Waals surface area contributed by atoms with Gasteiger partial charge < -0.3 is 10.1 Å². The smallest absolute Gasteiger partial charge is 0.261 e. The molecule has 0 aliphatic carbocycles. The first-order valence-corrected chi connectivity index (χ1v) is 11.7. The first-order valence-electron chi connectivity index (χ1n) is 9.37. The van der Waals surface area contributed by atoms with Crippen molar-refractivity contribution in [2.24, 2.45) is 0 Å². The van der Waals surface area contributed by atoms with E-state index < -0.39 is 0 Å². The average Bonchev–Trinajstić information content (AvgIpc) is 3.18. The number of amides is 1. The number of methoxy groups -OCH3 is 1. The summed E-state index contributed by atoms with van der Waals surface area (Å²) in [4.78, 5) is 17.5. The van der Waals surface area contributed by atoms with Gasteiger partial charge in [-0.2, -0.15) is 0 Å². The highest BCUT2D eigenvalue weighted by Gasteiger charge is 2.17. The van der Waals surface area contributed by atoms with Gasteiger partial charge in [0.25, 0.3) is 5.91 Å². The number of thiazole rings is 1. The van der Waals surface area contributed by atoms with Crippen LogP contribution in [0.25, 0.3) is 20.8 Å². The highest BCUT2D eigenvalue weighted by Crippen LogP contribution is 2.35. The molecule has 1 aromatic heterocycles. The molecule has 4 aromatic rings. The lowest BCUT2D eigenvalue weighted by Crippen LogP contribution is -2.34. The Morgan fingerprint density at radius 2 is 1.94 bits per heavy atom. The first-order chi connectivity index (χ1) is 15.0. The number of halogens is 1. The third-order valence-corrected chi connectivity index (χ3v) is 6.59. The summed E-state index contributed by atoms with van der Waals surface area (Å²) in [6.07, 6.45) is 0. The molecule has 8 heteroatoms. The lowest BCUT2D eigenvalue weighted by Gasteiger charge is -2.14. The van der Waals surface area contributed by atoms with Crippen LogP contribution in [-0.4, -0.2) is 23.1 Å². The number of carbonyl (C=O) groups is 1. The van der Waals surface area contributed by atoms with Crippen molar-refractivity contribution in [2.45, 2.75) is 6.92 Å². The average molecular weight is 559 g/mol. The number of benzene rings is 3. The fourth-order valence-corrected chi connectivity index (χ4v) is 4.91. The number of fused-ring (bicyclic) bond motifs is 1. The van der Waals surface area contributed by atoms with Crippen molar-refractivity contribution < 1.29 is 9.53 Å². The molecule has 0 saturated heterocycles. The number of hydrogen-bond acceptors (Lipinski definition) is 5. The molecule has 0 fully saturated rings. The number of carbonyl (C=O) groups excluding carboxylic acids is 1. The van der Waals surface area contributed by atoms with Gasteiger partial charge in [-0.3, -0.25) is 10.1 Å². The minimum absolute atomic E-state index is 0.206. The van der Waals surface area contributed by atoms with Gasteiger partial charge in [-0.1, -0.05) is 24.3 Å². The molecule has 0 aliphatic rings. The molecule has 2 N–H and O–H groups in total. The molecule has 1 amide bonds. The van der Waals surface area contributed by atoms with Crippen molar-refractivity contribution in [3.05, 3.63) is 75.4 Å². The number of hydrogen-bond donors (Lipinski definition) is 2. The van der Waals surface area contributed by atoms with Crippen LogP contribution in [0, 0.1) is 10.5 Å². The molecule has 0 radical (unpaired) electrons. The van der Waals surface area contributed by atoms with Crippen LogP contribution < -0.4 is 15.4 Å². The molecular formula is C23H18IN3O2S2. The lowest BCUT2D eigenvalue weighted by atomic mass is 10.1. The van der Waals surface area contributed by atoms with Crippen LogP contribution in [0.2, 0.25) is 0 Å². The topological polar surface area (TPSA) is 63.2 Å². The van der Waals surface area contributed by atoms with Gasteiger partial charge in [-0.25, -0.2) is 4.98 Å². The summed E-state index contributed by atoms with van der Waals surface area (Å²) < 4.78 is 7.58. The van der Waals surface area contributed by atoms with E-state index in [1.165, 1.54) is 0 Å². The molecule has 3 aromatic carbocycles. The molecule has 156 valence electrons. The van der Waals surface area contributed by atoms with E-state index in [0.717, 1.165) is 35.6 Å². The highest BCUT2D eigenvalue weighted by molar-refractivity contribution is 14.1. The van der Waals surface area contributed by atoms with Crippen LogP contribution in [-0.2, 0) is 0 Å². The Kier molecular flexibility index (Phi) is 6.49. The van der Waals surface area contributed by atoms with E-state index in [1.807, 2.05) is 49.4 Å². The largest absolute Gasteiger partial charge is 0.496 e. The summed E-state index contributed by atoms with van der Waals surface area (Å²) in [5, 5.41) is 7.00. The van der Waals surface area contributed by atoms with Crippen LogP contribution >= 0.6 is 46.1 Å². The van der Waals surface area contributed by atoms with E-state index in [4.69, 9.17) is 21.9 Å². The van der Waals surface area contributed by atoms with E-state index >= 15 is 0 Å². The van der Waals surface area contributed by atoms with Crippen molar-refractivity contribution in [3.63, 3.8) is 0 Å². The van der Waals surface area contributed by atoms with Crippen molar-refractivity contribution in [2.75, 3.05) is 12.4 Å². The van der Waals surface area contributed by atoms with E-state index in [2.05, 4.69) is 45.4 Å². The van der Waals surface area contributed by atoms with Gasteiger partial charge in [-0.05, 0) is 83.7 Å². The number of rotatable bonds is 4. The van der Waals surface area contributed by atoms with Gasteiger partial charge in [0.1, 0.15) is 10.8 Å². The molecule has 0 aliphatic heterocycles. The Balaban J connectivity index is 1.59. The third-order valence-electron chi connectivity index (χ3n) is 4.64. The quantitative estimate of drug-likeness (QED) is 0.237. The maximum absolute atomic E-state index is 12.8. The second-order valence-corrected chi connectivity index (χ2v) is 9.43. The Bertz CT molecular complexity index is 1270. The van der Waals surface area contributed by atoms with Crippen LogP contribution in [0.4, 0.5) is 5.69 Å². The fraction of sp³-hybridized carbons (Fsp3) is 0.0870. The predicted octanol–water partition coefficient (Wildman–Crippen LogP) is 6.01. The predicted molar refractivity (Wildman–Crippen MR) is 139 cm³/mol. The molecule has 0 bridgehead atoms. The lowest BCUT2D eigenvalue weighted by molar-refractivity contribution is 0.0974. The van der Waals surface area contributed by atoms with Crippen molar-refractivity contribution in [1.82, 2.24) is 10.3 Å². The summed E-state index contributed by atoms with van der Waals surface area (Å²) in [5.74, 6) is 0.206. The highest BCUT2D eigenvalue weighted by atomic mass is 127. The van der Waals surface area contributed by atoms with Gasteiger partial charge in [0.2, 0.25) is 0 Å².